The van der Waals surface area contributed by atoms with E-state index in [0.29, 0.717) is 0 Å². The van der Waals surface area contributed by atoms with E-state index in [2.05, 4.69) is 89.4 Å². The van der Waals surface area contributed by atoms with Gasteiger partial charge in [-0.25, -0.2) is 0 Å². The molecule has 102 valence electrons. The standard InChI is InChI=1S/C9H12.C8H10.C2H4/c1-3-9-6-4-8(2)5-7-9;1-7-3-5-8(2)6-4-7;1-2/h4-7H,3H2,1-2H3;3-6H,1-2H3;1-2H2. The summed E-state index contributed by atoms with van der Waals surface area (Å²) in [6.07, 6.45) is 1.14. The predicted molar refractivity (Wildman–Crippen MR) is 87.7 cm³/mol. The first kappa shape index (κ1) is 17.2. The highest BCUT2D eigenvalue weighted by molar-refractivity contribution is 5.21. The van der Waals surface area contributed by atoms with Gasteiger partial charge in [0.05, 0.1) is 0 Å². The molecule has 0 aliphatic rings. The lowest BCUT2D eigenvalue weighted by Crippen LogP contribution is -1.77. The summed E-state index contributed by atoms with van der Waals surface area (Å²) < 4.78 is 0. The van der Waals surface area contributed by atoms with E-state index in [1.165, 1.54) is 22.3 Å². The molecular formula is C19H26. The van der Waals surface area contributed by atoms with Crippen LogP contribution in [0.25, 0.3) is 0 Å². The Hall–Kier alpha value is -1.82. The van der Waals surface area contributed by atoms with E-state index in [0.717, 1.165) is 6.42 Å². The van der Waals surface area contributed by atoms with Crippen LogP contribution >= 0.6 is 0 Å². The third kappa shape index (κ3) is 7.99. The molecular weight excluding hydrogens is 228 g/mol. The number of rotatable bonds is 1. The van der Waals surface area contributed by atoms with Crippen molar-refractivity contribution in [2.24, 2.45) is 0 Å². The van der Waals surface area contributed by atoms with Crippen molar-refractivity contribution < 1.29 is 0 Å². The van der Waals surface area contributed by atoms with Crippen LogP contribution < -0.4 is 0 Å². The monoisotopic (exact) mass is 254 g/mol. The van der Waals surface area contributed by atoms with Crippen molar-refractivity contribution in [1.29, 1.82) is 0 Å². The van der Waals surface area contributed by atoms with E-state index in [1.54, 1.807) is 0 Å². The highest BCUT2D eigenvalue weighted by atomic mass is 13.9. The van der Waals surface area contributed by atoms with Crippen LogP contribution in [0, 0.1) is 20.8 Å². The van der Waals surface area contributed by atoms with E-state index in [9.17, 15) is 0 Å². The lowest BCUT2D eigenvalue weighted by atomic mass is 10.1. The van der Waals surface area contributed by atoms with Gasteiger partial charge in [0.1, 0.15) is 0 Å². The SMILES string of the molecule is C=C.CCc1ccc(C)cc1.Cc1ccc(C)cc1. The van der Waals surface area contributed by atoms with Crippen LogP contribution in [0.1, 0.15) is 29.2 Å². The number of aryl methyl sites for hydroxylation is 4. The molecule has 0 atom stereocenters. The largest absolute Gasteiger partial charge is 0.106 e. The fraction of sp³-hybridized carbons (Fsp3) is 0.263. The molecule has 0 saturated carbocycles. The lowest BCUT2D eigenvalue weighted by Gasteiger charge is -1.94. The van der Waals surface area contributed by atoms with Gasteiger partial charge in [-0.2, -0.15) is 0 Å². The van der Waals surface area contributed by atoms with E-state index in [-0.39, 0.29) is 0 Å². The van der Waals surface area contributed by atoms with Crippen LogP contribution in [0.3, 0.4) is 0 Å². The molecule has 0 fully saturated rings. The Balaban J connectivity index is 0.000000303. The van der Waals surface area contributed by atoms with E-state index in [1.807, 2.05) is 0 Å². The first-order valence-electron chi connectivity index (χ1n) is 6.70. The van der Waals surface area contributed by atoms with Gasteiger partial charge in [-0.1, -0.05) is 72.1 Å². The number of hydrogen-bond donors (Lipinski definition) is 0. The average Bonchev–Trinajstić information content (AvgIpc) is 2.46. The number of benzene rings is 2. The predicted octanol–water partition coefficient (Wildman–Crippen LogP) is 5.66. The Bertz CT molecular complexity index is 413. The summed E-state index contributed by atoms with van der Waals surface area (Å²) in [5.41, 5.74) is 5.42. The van der Waals surface area contributed by atoms with Crippen LogP contribution in [0.5, 0.6) is 0 Å². The minimum Gasteiger partial charge on any atom is -0.106 e. The Morgan fingerprint density at radius 2 is 0.895 bits per heavy atom. The second-order valence-corrected chi connectivity index (χ2v) is 4.49. The van der Waals surface area contributed by atoms with Crippen molar-refractivity contribution in [3.63, 3.8) is 0 Å². The van der Waals surface area contributed by atoms with Crippen LogP contribution in [-0.4, -0.2) is 0 Å². The molecule has 19 heavy (non-hydrogen) atoms. The normalized spacial score (nSPS) is 8.63. The molecule has 2 aromatic rings. The molecule has 0 N–H and O–H groups in total. The van der Waals surface area contributed by atoms with Gasteiger partial charge in [-0.05, 0) is 32.8 Å². The maximum atomic E-state index is 3.00. The highest BCUT2D eigenvalue weighted by Gasteiger charge is 1.84. The molecule has 0 bridgehead atoms. The summed E-state index contributed by atoms with van der Waals surface area (Å²) in [4.78, 5) is 0. The van der Waals surface area contributed by atoms with Crippen LogP contribution in [0.15, 0.2) is 61.7 Å². The molecule has 2 rings (SSSR count). The third-order valence-electron chi connectivity index (χ3n) is 2.75. The van der Waals surface area contributed by atoms with Crippen molar-refractivity contribution in [3.8, 4) is 0 Å². The Kier molecular flexibility index (Phi) is 9.16. The van der Waals surface area contributed by atoms with Gasteiger partial charge < -0.3 is 0 Å². The van der Waals surface area contributed by atoms with Gasteiger partial charge in [0.2, 0.25) is 0 Å². The summed E-state index contributed by atoms with van der Waals surface area (Å²) in [5, 5.41) is 0. The van der Waals surface area contributed by atoms with Crippen molar-refractivity contribution in [3.05, 3.63) is 83.9 Å². The molecule has 0 heterocycles. The first-order valence-corrected chi connectivity index (χ1v) is 6.70. The zero-order valence-corrected chi connectivity index (χ0v) is 12.7. The molecule has 0 aromatic heterocycles. The molecule has 0 saturated heterocycles. The van der Waals surface area contributed by atoms with Crippen LogP contribution in [-0.2, 0) is 6.42 Å². The van der Waals surface area contributed by atoms with Gasteiger partial charge in [0.25, 0.3) is 0 Å². The van der Waals surface area contributed by atoms with Gasteiger partial charge in [-0.15, -0.1) is 13.2 Å². The smallest absolute Gasteiger partial charge is 0.0307 e. The summed E-state index contributed by atoms with van der Waals surface area (Å²) in [6.45, 7) is 14.5. The lowest BCUT2D eigenvalue weighted by molar-refractivity contribution is 1.14. The Morgan fingerprint density at radius 1 is 0.632 bits per heavy atom. The first-order chi connectivity index (χ1) is 9.11. The summed E-state index contributed by atoms with van der Waals surface area (Å²) >= 11 is 0. The number of hydrogen-bond acceptors (Lipinski definition) is 0. The second kappa shape index (κ2) is 10.1. The van der Waals surface area contributed by atoms with Crippen molar-refractivity contribution in [1.82, 2.24) is 0 Å². The summed E-state index contributed by atoms with van der Waals surface area (Å²) in [7, 11) is 0. The quantitative estimate of drug-likeness (QED) is 0.576. The van der Waals surface area contributed by atoms with E-state index in [4.69, 9.17) is 0 Å². The second-order valence-electron chi connectivity index (χ2n) is 4.49. The topological polar surface area (TPSA) is 0 Å². The summed E-state index contributed by atoms with van der Waals surface area (Å²) in [6, 6.07) is 17.1. The molecule has 0 nitrogen and oxygen atoms in total. The third-order valence-corrected chi connectivity index (χ3v) is 2.75. The zero-order chi connectivity index (χ0) is 14.7. The van der Waals surface area contributed by atoms with Crippen molar-refractivity contribution in [2.45, 2.75) is 34.1 Å². The molecule has 0 radical (unpaired) electrons. The molecule has 0 unspecified atom stereocenters. The molecule has 2 aromatic carbocycles. The Labute approximate surface area is 118 Å². The zero-order valence-electron chi connectivity index (χ0n) is 12.7. The van der Waals surface area contributed by atoms with Gasteiger partial charge in [0.15, 0.2) is 0 Å². The highest BCUT2D eigenvalue weighted by Crippen LogP contribution is 2.02. The van der Waals surface area contributed by atoms with Gasteiger partial charge in [-0.3, -0.25) is 0 Å². The molecule has 0 amide bonds. The molecule has 0 aliphatic carbocycles. The Morgan fingerprint density at radius 3 is 1.16 bits per heavy atom. The minimum atomic E-state index is 1.14. The molecule has 0 spiro atoms. The van der Waals surface area contributed by atoms with Gasteiger partial charge >= 0.3 is 0 Å². The fourth-order valence-electron chi connectivity index (χ4n) is 1.46. The maximum absolute atomic E-state index is 3.00. The fourth-order valence-corrected chi connectivity index (χ4v) is 1.46. The van der Waals surface area contributed by atoms with Crippen LogP contribution in [0.4, 0.5) is 0 Å². The van der Waals surface area contributed by atoms with E-state index >= 15 is 0 Å². The minimum absolute atomic E-state index is 1.14. The molecule has 0 aliphatic heterocycles. The van der Waals surface area contributed by atoms with Crippen molar-refractivity contribution in [2.75, 3.05) is 0 Å². The average molecular weight is 254 g/mol. The van der Waals surface area contributed by atoms with Crippen molar-refractivity contribution >= 4 is 0 Å². The summed E-state index contributed by atoms with van der Waals surface area (Å²) in [5.74, 6) is 0. The van der Waals surface area contributed by atoms with Gasteiger partial charge in [0, 0.05) is 0 Å². The maximum Gasteiger partial charge on any atom is -0.0307 e. The molecule has 0 heteroatoms. The van der Waals surface area contributed by atoms with Crippen LogP contribution in [0.2, 0.25) is 0 Å². The van der Waals surface area contributed by atoms with E-state index < -0.39 is 0 Å².